The Kier molecular flexibility index (Phi) is 5.81. The Bertz CT molecular complexity index is 1200. The summed E-state index contributed by atoms with van der Waals surface area (Å²) in [7, 11) is -4.16. The van der Waals surface area contributed by atoms with E-state index in [9.17, 15) is 18.0 Å². The van der Waals surface area contributed by atoms with E-state index in [1.807, 2.05) is 0 Å². The number of amides is 1. The Morgan fingerprint density at radius 2 is 1.79 bits per heavy atom. The molecular weight excluding hydrogens is 462 g/mol. The van der Waals surface area contributed by atoms with Crippen molar-refractivity contribution in [1.29, 1.82) is 0 Å². The summed E-state index contributed by atoms with van der Waals surface area (Å²) in [5, 5.41) is 0.371. The molecular formula is C20H18BrNO6S. The second kappa shape index (κ2) is 8.00. The summed E-state index contributed by atoms with van der Waals surface area (Å²) >= 11 is 3.26. The molecule has 0 fully saturated rings. The molecule has 1 aromatic heterocycles. The van der Waals surface area contributed by atoms with E-state index in [0.29, 0.717) is 25.5 Å². The van der Waals surface area contributed by atoms with Gasteiger partial charge in [-0.15, -0.1) is 0 Å². The lowest BCUT2D eigenvalue weighted by Gasteiger charge is -2.21. The van der Waals surface area contributed by atoms with Crippen molar-refractivity contribution in [2.75, 3.05) is 10.9 Å². The highest BCUT2D eigenvalue weighted by Gasteiger charge is 2.30. The van der Waals surface area contributed by atoms with Crippen LogP contribution in [0.15, 0.2) is 56.2 Å². The van der Waals surface area contributed by atoms with E-state index in [-0.39, 0.29) is 22.8 Å². The van der Waals surface area contributed by atoms with Crippen LogP contribution < -0.4 is 4.31 Å². The minimum absolute atomic E-state index is 0.0370. The summed E-state index contributed by atoms with van der Waals surface area (Å²) in [6.45, 7) is 4.64. The van der Waals surface area contributed by atoms with Gasteiger partial charge in [-0.3, -0.25) is 4.79 Å². The first-order chi connectivity index (χ1) is 13.7. The maximum atomic E-state index is 13.1. The number of carbonyl (C=O) groups excluding carboxylic acids is 2. The van der Waals surface area contributed by atoms with Crippen LogP contribution in [0.5, 0.6) is 0 Å². The average Bonchev–Trinajstić information content (AvgIpc) is 2.97. The number of esters is 1. The van der Waals surface area contributed by atoms with Crippen molar-refractivity contribution < 1.29 is 27.2 Å². The molecule has 1 heterocycles. The summed E-state index contributed by atoms with van der Waals surface area (Å²) in [5.41, 5.74) is 0.686. The average molecular weight is 480 g/mol. The Labute approximate surface area is 176 Å². The fourth-order valence-corrected chi connectivity index (χ4v) is 4.68. The molecule has 0 spiro atoms. The third kappa shape index (κ3) is 3.92. The Balaban J connectivity index is 2.17. The maximum absolute atomic E-state index is 13.1. The second-order valence-electron chi connectivity index (χ2n) is 6.18. The molecule has 0 aliphatic rings. The first-order valence-electron chi connectivity index (χ1n) is 8.68. The first-order valence-corrected chi connectivity index (χ1v) is 10.9. The normalized spacial score (nSPS) is 11.4. The molecule has 1 amide bonds. The van der Waals surface area contributed by atoms with Crippen molar-refractivity contribution in [3.8, 4) is 0 Å². The lowest BCUT2D eigenvalue weighted by atomic mass is 10.1. The fourth-order valence-electron chi connectivity index (χ4n) is 2.99. The molecule has 3 aromatic rings. The Morgan fingerprint density at radius 1 is 1.14 bits per heavy atom. The van der Waals surface area contributed by atoms with Crippen LogP contribution in [0.2, 0.25) is 0 Å². The van der Waals surface area contributed by atoms with Gasteiger partial charge in [0.25, 0.3) is 10.0 Å². The minimum atomic E-state index is -4.16. The van der Waals surface area contributed by atoms with E-state index >= 15 is 0 Å². The first kappa shape index (κ1) is 21.1. The van der Waals surface area contributed by atoms with Crippen LogP contribution in [0.3, 0.4) is 0 Å². The molecule has 3 rings (SSSR count). The molecule has 0 radical (unpaired) electrons. The number of benzene rings is 2. The third-order valence-electron chi connectivity index (χ3n) is 4.20. The predicted molar refractivity (Wildman–Crippen MR) is 111 cm³/mol. The van der Waals surface area contributed by atoms with Gasteiger partial charge in [-0.2, -0.15) is 0 Å². The highest BCUT2D eigenvalue weighted by molar-refractivity contribution is 9.10. The van der Waals surface area contributed by atoms with E-state index in [1.54, 1.807) is 26.0 Å². The number of ether oxygens (including phenoxy) is 1. The van der Waals surface area contributed by atoms with Crippen molar-refractivity contribution in [2.45, 2.75) is 25.7 Å². The number of aryl methyl sites for hydroxylation is 1. The number of hydrogen-bond acceptors (Lipinski definition) is 6. The van der Waals surface area contributed by atoms with Gasteiger partial charge in [0, 0.05) is 16.8 Å². The van der Waals surface area contributed by atoms with Crippen LogP contribution in [0.1, 0.15) is 30.0 Å². The third-order valence-corrected chi connectivity index (χ3v) is 6.54. The van der Waals surface area contributed by atoms with Gasteiger partial charge in [0.2, 0.25) is 5.91 Å². The topological polar surface area (TPSA) is 93.9 Å². The van der Waals surface area contributed by atoms with Crippen LogP contribution in [0.4, 0.5) is 5.69 Å². The van der Waals surface area contributed by atoms with Gasteiger partial charge in [0.05, 0.1) is 17.2 Å². The van der Waals surface area contributed by atoms with E-state index < -0.39 is 21.9 Å². The minimum Gasteiger partial charge on any atom is -0.462 e. The summed E-state index contributed by atoms with van der Waals surface area (Å²) in [4.78, 5) is 24.6. The van der Waals surface area contributed by atoms with Crippen LogP contribution in [0.25, 0.3) is 11.0 Å². The lowest BCUT2D eigenvalue weighted by molar-refractivity contribution is -0.115. The number of hydrogen-bond donors (Lipinski definition) is 0. The zero-order chi connectivity index (χ0) is 21.3. The Hall–Kier alpha value is -2.65. The van der Waals surface area contributed by atoms with E-state index in [0.717, 1.165) is 6.92 Å². The molecule has 0 N–H and O–H groups in total. The highest BCUT2D eigenvalue weighted by Crippen LogP contribution is 2.32. The van der Waals surface area contributed by atoms with Gasteiger partial charge in [0.1, 0.15) is 16.9 Å². The number of fused-ring (bicyclic) bond motifs is 1. The van der Waals surface area contributed by atoms with Gasteiger partial charge < -0.3 is 9.15 Å². The SMILES string of the molecule is CCOC(=O)c1c(C)oc2ccc(N(C(C)=O)S(=O)(=O)c3ccc(Br)cc3)cc12. The molecule has 9 heteroatoms. The van der Waals surface area contributed by atoms with Gasteiger partial charge in [-0.05, 0) is 56.3 Å². The maximum Gasteiger partial charge on any atom is 0.342 e. The summed E-state index contributed by atoms with van der Waals surface area (Å²) < 4.78 is 38.3. The molecule has 0 aliphatic carbocycles. The van der Waals surface area contributed by atoms with Crippen molar-refractivity contribution in [3.05, 3.63) is 58.3 Å². The van der Waals surface area contributed by atoms with Crippen LogP contribution in [0, 0.1) is 6.92 Å². The van der Waals surface area contributed by atoms with Crippen LogP contribution >= 0.6 is 15.9 Å². The molecule has 0 bridgehead atoms. The standard InChI is InChI=1S/C20H18BrNO6S/c1-4-27-20(24)19-12(2)28-18-10-7-15(11-17(18)19)22(13(3)23)29(25,26)16-8-5-14(21)6-9-16/h5-11H,4H2,1-3H3. The number of sulfonamides is 1. The summed E-state index contributed by atoms with van der Waals surface area (Å²) in [6, 6.07) is 10.4. The van der Waals surface area contributed by atoms with Crippen molar-refractivity contribution in [2.24, 2.45) is 0 Å². The molecule has 29 heavy (non-hydrogen) atoms. The quantitative estimate of drug-likeness (QED) is 0.502. The summed E-state index contributed by atoms with van der Waals surface area (Å²) in [6.07, 6.45) is 0. The number of anilines is 1. The molecule has 2 aromatic carbocycles. The van der Waals surface area contributed by atoms with Crippen molar-refractivity contribution in [1.82, 2.24) is 0 Å². The van der Waals surface area contributed by atoms with Crippen molar-refractivity contribution in [3.63, 3.8) is 0 Å². The second-order valence-corrected chi connectivity index (χ2v) is 8.88. The molecule has 0 saturated heterocycles. The van der Waals surface area contributed by atoms with Gasteiger partial charge in [-0.25, -0.2) is 17.5 Å². The molecule has 0 unspecified atom stereocenters. The van der Waals surface area contributed by atoms with Gasteiger partial charge in [-0.1, -0.05) is 15.9 Å². The molecule has 0 saturated carbocycles. The number of halogens is 1. The smallest absolute Gasteiger partial charge is 0.342 e. The lowest BCUT2D eigenvalue weighted by Crippen LogP contribution is -2.35. The van der Waals surface area contributed by atoms with Crippen molar-refractivity contribution >= 4 is 54.5 Å². The van der Waals surface area contributed by atoms with Gasteiger partial charge >= 0.3 is 5.97 Å². The summed E-state index contributed by atoms with van der Waals surface area (Å²) in [5.74, 6) is -0.919. The Morgan fingerprint density at radius 3 is 2.38 bits per heavy atom. The van der Waals surface area contributed by atoms with Gasteiger partial charge in [0.15, 0.2) is 0 Å². The number of carbonyl (C=O) groups is 2. The number of furan rings is 1. The monoisotopic (exact) mass is 479 g/mol. The highest BCUT2D eigenvalue weighted by atomic mass is 79.9. The predicted octanol–water partition coefficient (Wildman–Crippen LogP) is 4.42. The zero-order valence-electron chi connectivity index (χ0n) is 15.9. The number of nitrogens with zero attached hydrogens (tertiary/aromatic N) is 1. The molecule has 0 atom stereocenters. The molecule has 7 nitrogen and oxygen atoms in total. The zero-order valence-corrected chi connectivity index (χ0v) is 18.3. The number of rotatable bonds is 5. The fraction of sp³-hybridized carbons (Fsp3) is 0.200. The van der Waals surface area contributed by atoms with Crippen LogP contribution in [-0.4, -0.2) is 26.9 Å². The van der Waals surface area contributed by atoms with Crippen LogP contribution in [-0.2, 0) is 19.6 Å². The molecule has 152 valence electrons. The molecule has 0 aliphatic heterocycles. The van der Waals surface area contributed by atoms with E-state index in [4.69, 9.17) is 9.15 Å². The largest absolute Gasteiger partial charge is 0.462 e. The van der Waals surface area contributed by atoms with E-state index in [2.05, 4.69) is 15.9 Å². The van der Waals surface area contributed by atoms with E-state index in [1.165, 1.54) is 30.3 Å².